The molecule has 0 N–H and O–H groups in total. The first-order valence-electron chi connectivity index (χ1n) is 4.37. The Morgan fingerprint density at radius 3 is 3.07 bits per heavy atom. The molecule has 0 radical (unpaired) electrons. The highest BCUT2D eigenvalue weighted by Crippen LogP contribution is 2.15. The van der Waals surface area contributed by atoms with Gasteiger partial charge in [0, 0.05) is 10.6 Å². The lowest BCUT2D eigenvalue weighted by atomic mass is 10.2. The van der Waals surface area contributed by atoms with Crippen LogP contribution in [0.5, 0.6) is 0 Å². The lowest BCUT2D eigenvalue weighted by Crippen LogP contribution is -1.91. The summed E-state index contributed by atoms with van der Waals surface area (Å²) in [5.74, 6) is 0. The van der Waals surface area contributed by atoms with E-state index in [1.165, 1.54) is 0 Å². The molecule has 0 aliphatic carbocycles. The first kappa shape index (κ1) is 9.49. The molecule has 0 saturated carbocycles. The second-order valence-electron chi connectivity index (χ2n) is 2.99. The largest absolute Gasteiger partial charge is 0.391 e. The van der Waals surface area contributed by atoms with Crippen LogP contribution in [-0.4, -0.2) is 18.9 Å². The van der Waals surface area contributed by atoms with E-state index in [4.69, 9.17) is 21.2 Å². The second-order valence-corrected chi connectivity index (χ2v) is 3.40. The maximum atomic E-state index is 5.92. The predicted octanol–water partition coefficient (Wildman–Crippen LogP) is 2.24. The molecule has 0 bridgehead atoms. The van der Waals surface area contributed by atoms with Crippen molar-refractivity contribution < 1.29 is 9.57 Å². The summed E-state index contributed by atoms with van der Waals surface area (Å²) in [4.78, 5) is 5.06. The zero-order chi connectivity index (χ0) is 9.80. The molecule has 0 amide bonds. The third-order valence-corrected chi connectivity index (χ3v) is 2.21. The Morgan fingerprint density at radius 2 is 2.36 bits per heavy atom. The van der Waals surface area contributed by atoms with Crippen molar-refractivity contribution in [3.63, 3.8) is 0 Å². The Bertz CT molecular complexity index is 337. The second kappa shape index (κ2) is 4.44. The third-order valence-electron chi connectivity index (χ3n) is 1.84. The van der Waals surface area contributed by atoms with Crippen molar-refractivity contribution in [3.05, 3.63) is 34.9 Å². The average Bonchev–Trinajstić information content (AvgIpc) is 2.99. The molecule has 1 unspecified atom stereocenters. The summed E-state index contributed by atoms with van der Waals surface area (Å²) in [5, 5.41) is 4.46. The van der Waals surface area contributed by atoms with Crippen molar-refractivity contribution in [2.24, 2.45) is 5.16 Å². The zero-order valence-electron chi connectivity index (χ0n) is 7.52. The fraction of sp³-hybridized carbons (Fsp3) is 0.300. The van der Waals surface area contributed by atoms with Gasteiger partial charge in [0.25, 0.3) is 0 Å². The minimum atomic E-state index is 0.154. The van der Waals surface area contributed by atoms with Crippen molar-refractivity contribution in [3.8, 4) is 0 Å². The van der Waals surface area contributed by atoms with Gasteiger partial charge in [-0.1, -0.05) is 35.0 Å². The number of hydrogen-bond acceptors (Lipinski definition) is 3. The molecule has 74 valence electrons. The number of hydrogen-bond donors (Lipinski definition) is 0. The summed E-state index contributed by atoms with van der Waals surface area (Å²) in [6, 6.07) is 7.53. The molecule has 1 aliphatic heterocycles. The molecular formula is C10H10ClNO2. The summed E-state index contributed by atoms with van der Waals surface area (Å²) >= 11 is 5.92. The quantitative estimate of drug-likeness (QED) is 0.435. The van der Waals surface area contributed by atoms with Gasteiger partial charge < -0.3 is 9.57 Å². The molecule has 1 fully saturated rings. The van der Waals surface area contributed by atoms with Crippen molar-refractivity contribution in [1.82, 2.24) is 0 Å². The van der Waals surface area contributed by atoms with Crippen LogP contribution in [0.3, 0.4) is 0 Å². The van der Waals surface area contributed by atoms with Gasteiger partial charge in [-0.05, 0) is 6.07 Å². The van der Waals surface area contributed by atoms with Crippen LogP contribution in [0, 0.1) is 0 Å². The van der Waals surface area contributed by atoms with E-state index in [0.29, 0.717) is 11.6 Å². The normalized spacial score (nSPS) is 19.9. The SMILES string of the molecule is Clc1ccccc1CO/N=C/C1CO1. The van der Waals surface area contributed by atoms with E-state index in [9.17, 15) is 0 Å². The third kappa shape index (κ3) is 2.72. The number of oxime groups is 1. The van der Waals surface area contributed by atoms with E-state index in [2.05, 4.69) is 5.16 Å². The highest BCUT2D eigenvalue weighted by Gasteiger charge is 2.19. The fourth-order valence-electron chi connectivity index (χ4n) is 0.975. The van der Waals surface area contributed by atoms with Crippen molar-refractivity contribution in [2.75, 3.05) is 6.61 Å². The highest BCUT2D eigenvalue weighted by molar-refractivity contribution is 6.31. The minimum absolute atomic E-state index is 0.154. The lowest BCUT2D eigenvalue weighted by molar-refractivity contribution is 0.131. The van der Waals surface area contributed by atoms with Gasteiger partial charge in [-0.25, -0.2) is 0 Å². The number of rotatable bonds is 4. The number of nitrogens with zero attached hydrogens (tertiary/aromatic N) is 1. The van der Waals surface area contributed by atoms with Crippen LogP contribution in [0.2, 0.25) is 5.02 Å². The van der Waals surface area contributed by atoms with Crippen LogP contribution in [-0.2, 0) is 16.2 Å². The molecule has 1 aromatic rings. The van der Waals surface area contributed by atoms with Gasteiger partial charge in [0.2, 0.25) is 0 Å². The summed E-state index contributed by atoms with van der Waals surface area (Å²) in [5.41, 5.74) is 0.933. The number of halogens is 1. The Kier molecular flexibility index (Phi) is 3.01. The lowest BCUT2D eigenvalue weighted by Gasteiger charge is -2.01. The van der Waals surface area contributed by atoms with Gasteiger partial charge in [0.15, 0.2) is 0 Å². The van der Waals surface area contributed by atoms with E-state index in [1.807, 2.05) is 24.3 Å². The van der Waals surface area contributed by atoms with Gasteiger partial charge in [-0.3, -0.25) is 0 Å². The number of ether oxygens (including phenoxy) is 1. The molecule has 1 aromatic carbocycles. The van der Waals surface area contributed by atoms with Gasteiger partial charge in [0.1, 0.15) is 12.7 Å². The summed E-state index contributed by atoms with van der Waals surface area (Å²) in [6.07, 6.45) is 1.80. The van der Waals surface area contributed by atoms with Gasteiger partial charge >= 0.3 is 0 Å². The van der Waals surface area contributed by atoms with E-state index in [0.717, 1.165) is 12.2 Å². The summed E-state index contributed by atoms with van der Waals surface area (Å²) in [7, 11) is 0. The van der Waals surface area contributed by atoms with Crippen LogP contribution < -0.4 is 0 Å². The molecule has 14 heavy (non-hydrogen) atoms. The van der Waals surface area contributed by atoms with E-state index >= 15 is 0 Å². The molecule has 1 saturated heterocycles. The maximum Gasteiger partial charge on any atom is 0.143 e. The van der Waals surface area contributed by atoms with E-state index < -0.39 is 0 Å². The van der Waals surface area contributed by atoms with Gasteiger partial charge in [-0.2, -0.15) is 0 Å². The average molecular weight is 212 g/mol. The molecule has 0 aromatic heterocycles. The minimum Gasteiger partial charge on any atom is -0.391 e. The molecule has 3 nitrogen and oxygen atoms in total. The zero-order valence-corrected chi connectivity index (χ0v) is 8.28. The van der Waals surface area contributed by atoms with Crippen molar-refractivity contribution >= 4 is 17.8 Å². The van der Waals surface area contributed by atoms with Crippen LogP contribution in [0.4, 0.5) is 0 Å². The Balaban J connectivity index is 1.82. The predicted molar refractivity (Wildman–Crippen MR) is 54.5 cm³/mol. The van der Waals surface area contributed by atoms with Crippen molar-refractivity contribution in [1.29, 1.82) is 0 Å². The standard InChI is InChI=1S/C10H10ClNO2/c11-10-4-2-1-3-8(10)6-14-12-5-9-7-13-9/h1-5,9H,6-7H2/b12-5+. The molecule has 4 heteroatoms. The Hall–Kier alpha value is -1.06. The van der Waals surface area contributed by atoms with Crippen LogP contribution in [0.15, 0.2) is 29.4 Å². The fourth-order valence-corrected chi connectivity index (χ4v) is 1.17. The number of epoxide rings is 1. The van der Waals surface area contributed by atoms with Crippen LogP contribution in [0.1, 0.15) is 5.56 Å². The van der Waals surface area contributed by atoms with Crippen LogP contribution in [0.25, 0.3) is 0 Å². The topological polar surface area (TPSA) is 34.1 Å². The first-order valence-corrected chi connectivity index (χ1v) is 4.74. The molecule has 1 aliphatic rings. The van der Waals surface area contributed by atoms with E-state index in [1.54, 1.807) is 6.21 Å². The maximum absolute atomic E-state index is 5.92. The monoisotopic (exact) mass is 211 g/mol. The Labute approximate surface area is 87.3 Å². The molecule has 1 heterocycles. The summed E-state index contributed by atoms with van der Waals surface area (Å²) < 4.78 is 4.93. The van der Waals surface area contributed by atoms with Gasteiger partial charge in [0.05, 0.1) is 12.8 Å². The molecular weight excluding hydrogens is 202 g/mol. The first-order chi connectivity index (χ1) is 6.86. The Morgan fingerprint density at radius 1 is 1.57 bits per heavy atom. The van der Waals surface area contributed by atoms with Gasteiger partial charge in [-0.15, -0.1) is 0 Å². The molecule has 0 spiro atoms. The summed E-state index contributed by atoms with van der Waals surface area (Å²) in [6.45, 7) is 1.14. The smallest absolute Gasteiger partial charge is 0.143 e. The van der Waals surface area contributed by atoms with Crippen molar-refractivity contribution in [2.45, 2.75) is 12.7 Å². The molecule has 2 rings (SSSR count). The van der Waals surface area contributed by atoms with E-state index in [-0.39, 0.29) is 6.10 Å². The van der Waals surface area contributed by atoms with Crippen LogP contribution >= 0.6 is 11.6 Å². The molecule has 1 atom stereocenters. The highest BCUT2D eigenvalue weighted by atomic mass is 35.5. The number of benzene rings is 1.